The molecule has 0 aliphatic rings. The van der Waals surface area contributed by atoms with E-state index < -0.39 is 0 Å². The lowest BCUT2D eigenvalue weighted by Gasteiger charge is -1.81. The summed E-state index contributed by atoms with van der Waals surface area (Å²) in [6, 6.07) is 1.84. The maximum atomic E-state index is 9.56. The highest BCUT2D eigenvalue weighted by Gasteiger charge is 1.77. The molecule has 8 heavy (non-hydrogen) atoms. The van der Waals surface area contributed by atoms with E-state index in [0.717, 1.165) is 0 Å². The molecule has 0 heterocycles. The van der Waals surface area contributed by atoms with Crippen LogP contribution in [-0.4, -0.2) is 6.41 Å². The molecule has 42 valence electrons. The van der Waals surface area contributed by atoms with E-state index in [1.807, 2.05) is 6.07 Å². The Balaban J connectivity index is 3.61. The highest BCUT2D eigenvalue weighted by Crippen LogP contribution is 1.81. The first kappa shape index (κ1) is 6.70. The normalized spacial score (nSPS) is 9.75. The minimum Gasteiger partial charge on any atom is -0.334 e. The average Bonchev–Trinajstić information content (AvgIpc) is 1.83. The van der Waals surface area contributed by atoms with Gasteiger partial charge in [0, 0.05) is 11.8 Å². The molecule has 3 nitrogen and oxygen atoms in total. The van der Waals surface area contributed by atoms with Crippen molar-refractivity contribution in [3.63, 3.8) is 0 Å². The van der Waals surface area contributed by atoms with Crippen molar-refractivity contribution in [1.82, 2.24) is 5.32 Å². The topological polar surface area (TPSA) is 52.9 Å². The van der Waals surface area contributed by atoms with Gasteiger partial charge < -0.3 is 5.32 Å². The van der Waals surface area contributed by atoms with Crippen LogP contribution in [0.15, 0.2) is 11.8 Å². The lowest BCUT2D eigenvalue weighted by Crippen LogP contribution is -1.99. The summed E-state index contributed by atoms with van der Waals surface area (Å²) in [5.74, 6) is 0. The van der Waals surface area contributed by atoms with E-state index in [1.165, 1.54) is 6.20 Å². The SMILES string of the molecule is C/C(C#N)=C/NC=O. The van der Waals surface area contributed by atoms with E-state index in [9.17, 15) is 4.79 Å². The second-order valence-corrected chi connectivity index (χ2v) is 1.22. The molecule has 1 N–H and O–H groups in total. The lowest BCUT2D eigenvalue weighted by atomic mass is 10.4. The van der Waals surface area contributed by atoms with Crippen molar-refractivity contribution in [3.05, 3.63) is 11.8 Å². The maximum absolute atomic E-state index is 9.56. The number of hydrogen-bond acceptors (Lipinski definition) is 2. The third-order valence-corrected chi connectivity index (χ3v) is 0.544. The number of allylic oxidation sites excluding steroid dienone is 1. The van der Waals surface area contributed by atoms with Gasteiger partial charge in [-0.15, -0.1) is 0 Å². The molecule has 0 aliphatic heterocycles. The Morgan fingerprint density at radius 2 is 2.50 bits per heavy atom. The van der Waals surface area contributed by atoms with Gasteiger partial charge in [0.2, 0.25) is 6.41 Å². The van der Waals surface area contributed by atoms with E-state index in [1.54, 1.807) is 6.92 Å². The maximum Gasteiger partial charge on any atom is 0.211 e. The Hall–Kier alpha value is -1.30. The van der Waals surface area contributed by atoms with Crippen LogP contribution in [0.1, 0.15) is 6.92 Å². The molecule has 0 rings (SSSR count). The summed E-state index contributed by atoms with van der Waals surface area (Å²) in [6.07, 6.45) is 1.86. The number of rotatable bonds is 2. The van der Waals surface area contributed by atoms with Gasteiger partial charge in [-0.25, -0.2) is 0 Å². The molecule has 0 radical (unpaired) electrons. The zero-order valence-electron chi connectivity index (χ0n) is 4.51. The van der Waals surface area contributed by atoms with E-state index in [0.29, 0.717) is 12.0 Å². The monoisotopic (exact) mass is 110 g/mol. The van der Waals surface area contributed by atoms with Gasteiger partial charge in [-0.05, 0) is 6.92 Å². The predicted molar refractivity (Wildman–Crippen MR) is 28.6 cm³/mol. The van der Waals surface area contributed by atoms with E-state index in [4.69, 9.17) is 5.26 Å². The smallest absolute Gasteiger partial charge is 0.211 e. The molecule has 0 bridgehead atoms. The van der Waals surface area contributed by atoms with Gasteiger partial charge in [0.15, 0.2) is 0 Å². The van der Waals surface area contributed by atoms with Crippen molar-refractivity contribution in [1.29, 1.82) is 5.26 Å². The molecule has 0 spiro atoms. The summed E-state index contributed by atoms with van der Waals surface area (Å²) < 4.78 is 0. The number of carbonyl (C=O) groups is 1. The second-order valence-electron chi connectivity index (χ2n) is 1.22. The number of amides is 1. The van der Waals surface area contributed by atoms with Crippen LogP contribution in [0.3, 0.4) is 0 Å². The second kappa shape index (κ2) is 3.88. The first-order chi connectivity index (χ1) is 3.81. The highest BCUT2D eigenvalue weighted by molar-refractivity contribution is 5.48. The van der Waals surface area contributed by atoms with Gasteiger partial charge in [-0.1, -0.05) is 0 Å². The molecule has 0 aliphatic carbocycles. The zero-order valence-corrected chi connectivity index (χ0v) is 4.51. The average molecular weight is 110 g/mol. The van der Waals surface area contributed by atoms with Crippen molar-refractivity contribution in [3.8, 4) is 6.07 Å². The van der Waals surface area contributed by atoms with Gasteiger partial charge in [0.1, 0.15) is 0 Å². The van der Waals surface area contributed by atoms with E-state index in [2.05, 4.69) is 5.32 Å². The number of hydrogen-bond donors (Lipinski definition) is 1. The molecular formula is C5H6N2O. The molecule has 3 heteroatoms. The molecule has 0 aromatic heterocycles. The molecule has 0 aromatic carbocycles. The number of nitrogens with one attached hydrogen (secondary N) is 1. The molecule has 0 aromatic rings. The minimum atomic E-state index is 0.483. The Labute approximate surface area is 47.6 Å². The fourth-order valence-electron chi connectivity index (χ4n) is 0.191. The highest BCUT2D eigenvalue weighted by atomic mass is 16.1. The van der Waals surface area contributed by atoms with Crippen LogP contribution < -0.4 is 5.32 Å². The third-order valence-electron chi connectivity index (χ3n) is 0.544. The van der Waals surface area contributed by atoms with Gasteiger partial charge in [-0.2, -0.15) is 5.26 Å². The molecular weight excluding hydrogens is 104 g/mol. The minimum absolute atomic E-state index is 0.483. The summed E-state index contributed by atoms with van der Waals surface area (Å²) in [5, 5.41) is 10.3. The molecule has 0 saturated carbocycles. The molecule has 0 saturated heterocycles. The summed E-state index contributed by atoms with van der Waals surface area (Å²) in [6.45, 7) is 1.61. The first-order valence-corrected chi connectivity index (χ1v) is 2.08. The van der Waals surface area contributed by atoms with Gasteiger partial charge in [0.05, 0.1) is 6.07 Å². The van der Waals surface area contributed by atoms with Crippen molar-refractivity contribution in [2.75, 3.05) is 0 Å². The van der Waals surface area contributed by atoms with Crippen molar-refractivity contribution in [2.45, 2.75) is 6.92 Å². The van der Waals surface area contributed by atoms with Crippen LogP contribution in [-0.2, 0) is 4.79 Å². The van der Waals surface area contributed by atoms with Crippen molar-refractivity contribution >= 4 is 6.41 Å². The molecule has 1 amide bonds. The summed E-state index contributed by atoms with van der Waals surface area (Å²) in [7, 11) is 0. The Kier molecular flexibility index (Phi) is 3.25. The van der Waals surface area contributed by atoms with Gasteiger partial charge in [-0.3, -0.25) is 4.79 Å². The summed E-state index contributed by atoms with van der Waals surface area (Å²) in [4.78, 5) is 9.56. The number of nitrogens with zero attached hydrogens (tertiary/aromatic N) is 1. The largest absolute Gasteiger partial charge is 0.334 e. The third kappa shape index (κ3) is 2.91. The number of carbonyl (C=O) groups excluding carboxylic acids is 1. The van der Waals surface area contributed by atoms with E-state index >= 15 is 0 Å². The standard InChI is InChI=1S/C5H6N2O/c1-5(2-6)3-7-4-8/h3-4H,1H3,(H,7,8)/b5-3-. The predicted octanol–water partition coefficient (Wildman–Crippen LogP) is 0.160. The van der Waals surface area contributed by atoms with Gasteiger partial charge in [0.25, 0.3) is 0 Å². The van der Waals surface area contributed by atoms with Crippen LogP contribution in [0, 0.1) is 11.3 Å². The van der Waals surface area contributed by atoms with Crippen molar-refractivity contribution < 1.29 is 4.79 Å². The lowest BCUT2D eigenvalue weighted by molar-refractivity contribution is -0.108. The van der Waals surface area contributed by atoms with Crippen LogP contribution in [0.5, 0.6) is 0 Å². The van der Waals surface area contributed by atoms with Crippen molar-refractivity contribution in [2.24, 2.45) is 0 Å². The number of nitriles is 1. The fourth-order valence-corrected chi connectivity index (χ4v) is 0.191. The first-order valence-electron chi connectivity index (χ1n) is 2.08. The van der Waals surface area contributed by atoms with Crippen LogP contribution in [0.25, 0.3) is 0 Å². The Bertz CT molecular complexity index is 143. The van der Waals surface area contributed by atoms with Gasteiger partial charge >= 0.3 is 0 Å². The molecule has 0 unspecified atom stereocenters. The van der Waals surface area contributed by atoms with Crippen LogP contribution in [0.4, 0.5) is 0 Å². The molecule has 0 fully saturated rings. The fraction of sp³-hybridized carbons (Fsp3) is 0.200. The van der Waals surface area contributed by atoms with Crippen LogP contribution >= 0.6 is 0 Å². The zero-order chi connectivity index (χ0) is 6.41. The Morgan fingerprint density at radius 3 is 2.88 bits per heavy atom. The summed E-state index contributed by atoms with van der Waals surface area (Å²) >= 11 is 0. The van der Waals surface area contributed by atoms with E-state index in [-0.39, 0.29) is 0 Å². The quantitative estimate of drug-likeness (QED) is 0.406. The van der Waals surface area contributed by atoms with Crippen LogP contribution in [0.2, 0.25) is 0 Å². The summed E-state index contributed by atoms with van der Waals surface area (Å²) in [5.41, 5.74) is 0.483. The Morgan fingerprint density at radius 1 is 1.88 bits per heavy atom. The molecule has 0 atom stereocenters.